The van der Waals surface area contributed by atoms with E-state index >= 15 is 0 Å². The summed E-state index contributed by atoms with van der Waals surface area (Å²) >= 11 is 17.8. The molecule has 0 heterocycles. The van der Waals surface area contributed by atoms with E-state index in [2.05, 4.69) is 72.4 Å². The maximum Gasteiger partial charge on any atom is 1.00 e. The van der Waals surface area contributed by atoms with E-state index in [9.17, 15) is 5.11 Å². The fraction of sp³-hybridized carbons (Fsp3) is 0.941. The first-order chi connectivity index (χ1) is 14.1. The first-order valence-corrected chi connectivity index (χ1v) is 21.3. The maximum atomic E-state index is 10.1. The molecule has 0 aromatic rings. The third-order valence-electron chi connectivity index (χ3n) is 1.80. The fourth-order valence-electron chi connectivity index (χ4n) is 0.888. The number of carbonyl (C=O) groups excluding carboxylic acids is 1. The average molecular weight is 669 g/mol. The van der Waals surface area contributed by atoms with Crippen LogP contribution in [0.3, 0.4) is 0 Å². The van der Waals surface area contributed by atoms with Gasteiger partial charge in [-0.05, 0) is 6.92 Å². The van der Waals surface area contributed by atoms with Crippen molar-refractivity contribution in [2.45, 2.75) is 106 Å². The second-order valence-corrected chi connectivity index (χ2v) is 18.3. The van der Waals surface area contributed by atoms with Gasteiger partial charge >= 0.3 is 51.4 Å². The van der Waals surface area contributed by atoms with Crippen LogP contribution in [0.4, 0.5) is 0 Å². The van der Waals surface area contributed by atoms with Crippen molar-refractivity contribution in [1.29, 1.82) is 0 Å². The minimum Gasteiger partial charge on any atom is -0.850 e. The van der Waals surface area contributed by atoms with Crippen LogP contribution in [0.5, 0.6) is 0 Å². The van der Waals surface area contributed by atoms with E-state index in [4.69, 9.17) is 4.79 Å². The smallest absolute Gasteiger partial charge is 0.850 e. The molecule has 0 rings (SSSR count). The molecule has 0 N–H and O–H groups in total. The average Bonchev–Trinajstić information content (AvgIpc) is 2.68. The molecule has 0 aliphatic rings. The van der Waals surface area contributed by atoms with Crippen LogP contribution < -0.4 is 56.5 Å². The van der Waals surface area contributed by atoms with E-state index in [-0.39, 0.29) is 52.8 Å². The minimum atomic E-state index is -0.750. The summed E-state index contributed by atoms with van der Waals surface area (Å²) in [6, 6.07) is 0. The van der Waals surface area contributed by atoms with Gasteiger partial charge in [0.25, 0.3) is 0 Å². The van der Waals surface area contributed by atoms with Gasteiger partial charge < -0.3 is 9.90 Å². The number of hydrogen-bond donors (Lipinski definition) is 0. The second kappa shape index (κ2) is 59.1. The molecule has 188 valence electrons. The van der Waals surface area contributed by atoms with Crippen molar-refractivity contribution in [3.8, 4) is 0 Å². The molecule has 0 aliphatic carbocycles. The van der Waals surface area contributed by atoms with Gasteiger partial charge in [0, 0.05) is 108 Å². The standard InChI is InChI=1S/C6H14.C5H12.C4H9O.C2H4O.K.S7.S4.H2/c1-3-5-6-4-2;1-3-5-4-2;1-4(2,3)5;1-2-3;;1-3-5-7-6-4-2;1-3-4-2;/h3-6H2,1-2H3;3-5H2,1-2H3;1-3H3;2H,1H3;;;;1H/q;;-1;;+1;;;. The van der Waals surface area contributed by atoms with Gasteiger partial charge in [-0.3, -0.25) is 0 Å². The van der Waals surface area contributed by atoms with Crippen LogP contribution in [-0.2, 0) is 112 Å². The molecule has 0 unspecified atom stereocenters. The summed E-state index contributed by atoms with van der Waals surface area (Å²) < 4.78 is 0. The normalized spacial score (nSPS) is 7.52. The second-order valence-electron chi connectivity index (χ2n) is 5.89. The molecule has 0 atom stereocenters. The number of carbonyl (C=O) groups is 1. The zero-order valence-electron chi connectivity index (χ0n) is 20.3. The van der Waals surface area contributed by atoms with Crippen LogP contribution in [-0.4, -0.2) is 11.9 Å². The Morgan fingerprint density at radius 1 is 0.710 bits per heavy atom. The molecule has 31 heavy (non-hydrogen) atoms. The van der Waals surface area contributed by atoms with E-state index < -0.39 is 5.60 Å². The van der Waals surface area contributed by atoms with Gasteiger partial charge in [-0.1, -0.05) is 93.4 Å². The molecule has 0 spiro atoms. The van der Waals surface area contributed by atoms with Crippen molar-refractivity contribution in [2.24, 2.45) is 0 Å². The molecule has 2 nitrogen and oxygen atoms in total. The Labute approximate surface area is 277 Å². The predicted octanol–water partition coefficient (Wildman–Crippen LogP) is 2.36. The Bertz CT molecular complexity index is 546. The topological polar surface area (TPSA) is 40.1 Å². The molecular weight excluding hydrogens is 628 g/mol. The number of rotatable bonds is 5. The van der Waals surface area contributed by atoms with Crippen LogP contribution in [0, 0.1) is 0 Å². The SMILES string of the molecule is CC(C)(C)[O-].CC=O.CCCCC.CCCCCC.S=S=S=S.S=S=S=S=S=S=S.[HH].[K+]. The monoisotopic (exact) mass is 668 g/mol. The number of aldehydes is 1. The maximum absolute atomic E-state index is 10.1. The van der Waals surface area contributed by atoms with Crippen LogP contribution in [0.15, 0.2) is 0 Å². The number of hydrogen-bond acceptors (Lipinski definition) is 6. The third-order valence-corrected chi connectivity index (χ3v) is 12.9. The summed E-state index contributed by atoms with van der Waals surface area (Å²) in [7, 11) is 9.71. The Balaban J connectivity index is -0.0000000362. The van der Waals surface area contributed by atoms with Gasteiger partial charge in [0.1, 0.15) is 6.29 Å². The third kappa shape index (κ3) is 181. The molecule has 0 aromatic heterocycles. The number of unbranched alkanes of at least 4 members (excludes halogenated alkanes) is 5. The first kappa shape index (κ1) is 51.3. The van der Waals surface area contributed by atoms with Gasteiger partial charge in [0.2, 0.25) is 0 Å². The largest absolute Gasteiger partial charge is 1.00 e. The summed E-state index contributed by atoms with van der Waals surface area (Å²) in [5.74, 6) is 0. The molecule has 0 saturated heterocycles. The summed E-state index contributed by atoms with van der Waals surface area (Å²) in [5, 5.41) is 10.1. The summed E-state index contributed by atoms with van der Waals surface area (Å²) in [4.78, 5) is 8.81. The minimum absolute atomic E-state index is 0. The van der Waals surface area contributed by atoms with Crippen LogP contribution in [0.2, 0.25) is 0 Å². The summed E-state index contributed by atoms with van der Waals surface area (Å²) in [5.41, 5.74) is -0.750. The van der Waals surface area contributed by atoms with Crippen molar-refractivity contribution >= 4 is 113 Å². The van der Waals surface area contributed by atoms with Gasteiger partial charge in [0.15, 0.2) is 0 Å². The quantitative estimate of drug-likeness (QED) is 0.255. The Kier molecular flexibility index (Phi) is 97.8. The molecule has 0 bridgehead atoms. The molecule has 0 amide bonds. The van der Waals surface area contributed by atoms with Crippen molar-refractivity contribution in [2.75, 3.05) is 0 Å². The van der Waals surface area contributed by atoms with Crippen LogP contribution in [0.1, 0.15) is 102 Å². The van der Waals surface area contributed by atoms with Crippen molar-refractivity contribution < 1.29 is 62.7 Å². The fourth-order valence-corrected chi connectivity index (χ4v) is 9.12. The molecule has 0 saturated carbocycles. The molecule has 14 heteroatoms. The first-order valence-electron chi connectivity index (χ1n) is 9.35. The van der Waals surface area contributed by atoms with Crippen molar-refractivity contribution in [1.82, 2.24) is 0 Å². The van der Waals surface area contributed by atoms with E-state index in [1.807, 2.05) is 0 Å². The van der Waals surface area contributed by atoms with Gasteiger partial charge in [-0.25, -0.2) is 0 Å². The van der Waals surface area contributed by atoms with Crippen LogP contribution >= 0.6 is 0 Å². The van der Waals surface area contributed by atoms with Crippen molar-refractivity contribution in [3.05, 3.63) is 0 Å². The van der Waals surface area contributed by atoms with Gasteiger partial charge in [-0.15, -0.1) is 5.60 Å². The summed E-state index contributed by atoms with van der Waals surface area (Å²) in [6.45, 7) is 15.2. The Morgan fingerprint density at radius 2 is 0.935 bits per heavy atom. The molecule has 0 aromatic carbocycles. The van der Waals surface area contributed by atoms with Crippen LogP contribution in [0.25, 0.3) is 0 Å². The predicted molar refractivity (Wildman–Crippen MR) is 170 cm³/mol. The molecule has 0 aliphatic heterocycles. The van der Waals surface area contributed by atoms with E-state index in [0.717, 1.165) is 6.29 Å². The zero-order valence-corrected chi connectivity index (χ0v) is 32.4. The van der Waals surface area contributed by atoms with Gasteiger partial charge in [-0.2, -0.15) is 0 Å². The summed E-state index contributed by atoms with van der Waals surface area (Å²) in [6.07, 6.45) is 10.4. The Morgan fingerprint density at radius 3 is 1.03 bits per heavy atom. The zero-order chi connectivity index (χ0) is 25.1. The van der Waals surface area contributed by atoms with E-state index in [1.165, 1.54) is 87.4 Å². The van der Waals surface area contributed by atoms with Gasteiger partial charge in [0.05, 0.1) is 0 Å². The molecular formula is C17H41KO2S11. The molecule has 0 fully saturated rings. The van der Waals surface area contributed by atoms with E-state index in [1.54, 1.807) is 47.4 Å². The van der Waals surface area contributed by atoms with Crippen molar-refractivity contribution in [3.63, 3.8) is 0 Å². The van der Waals surface area contributed by atoms with E-state index in [0.29, 0.717) is 0 Å². The molecule has 0 radical (unpaired) electrons. The Hall–Kier alpha value is 3.69.